The number of halogens is 2. The largest absolute Gasteiger partial charge is 0.439 e. The van der Waals surface area contributed by atoms with Gasteiger partial charge in [0.25, 0.3) is 5.91 Å². The van der Waals surface area contributed by atoms with Gasteiger partial charge in [-0.25, -0.2) is 4.98 Å². The zero-order valence-corrected chi connectivity index (χ0v) is 14.0. The van der Waals surface area contributed by atoms with Gasteiger partial charge >= 0.3 is 0 Å². The Balaban J connectivity index is 0.00000132. The molecule has 0 radical (unpaired) electrons. The Labute approximate surface area is 147 Å². The van der Waals surface area contributed by atoms with Gasteiger partial charge < -0.3 is 15.4 Å². The predicted octanol–water partition coefficient (Wildman–Crippen LogP) is 2.67. The highest BCUT2D eigenvalue weighted by Gasteiger charge is 2.17. The monoisotopic (exact) mass is 355 g/mol. The number of amides is 1. The van der Waals surface area contributed by atoms with Gasteiger partial charge in [-0.2, -0.15) is 0 Å². The van der Waals surface area contributed by atoms with Crippen LogP contribution in [0.2, 0.25) is 0 Å². The smallest absolute Gasteiger partial charge is 0.252 e. The number of benzene rings is 1. The Kier molecular flexibility index (Phi) is 7.81. The molecule has 0 bridgehead atoms. The number of aromatic nitrogens is 1. The molecule has 1 aromatic carbocycles. The molecule has 0 spiro atoms. The van der Waals surface area contributed by atoms with Gasteiger partial charge in [0, 0.05) is 37.8 Å². The van der Waals surface area contributed by atoms with E-state index >= 15 is 0 Å². The predicted molar refractivity (Wildman–Crippen MR) is 93.9 cm³/mol. The van der Waals surface area contributed by atoms with Crippen LogP contribution < -0.4 is 15.4 Å². The molecule has 0 saturated carbocycles. The number of pyridine rings is 1. The summed E-state index contributed by atoms with van der Waals surface area (Å²) in [6.07, 6.45) is 1.53. The standard InChI is InChI=1S/C16H17N3O2.2ClH/c20-16(19-10-12-8-17-9-12)13-6-7-15(18-11-13)21-14-4-2-1-3-5-14;;/h1-7,11-12,17H,8-10H2,(H,19,20);2*1H. The zero-order valence-electron chi connectivity index (χ0n) is 12.4. The quantitative estimate of drug-likeness (QED) is 0.865. The van der Waals surface area contributed by atoms with Crippen LogP contribution in [0.4, 0.5) is 0 Å². The lowest BCUT2D eigenvalue weighted by Gasteiger charge is -2.27. The Morgan fingerprint density at radius 2 is 1.91 bits per heavy atom. The summed E-state index contributed by atoms with van der Waals surface area (Å²) in [6, 6.07) is 12.8. The van der Waals surface area contributed by atoms with Crippen LogP contribution in [0.15, 0.2) is 48.7 Å². The summed E-state index contributed by atoms with van der Waals surface area (Å²) in [5, 5.41) is 6.09. The molecule has 7 heteroatoms. The van der Waals surface area contributed by atoms with Crippen molar-refractivity contribution in [2.24, 2.45) is 5.92 Å². The van der Waals surface area contributed by atoms with Crippen molar-refractivity contribution in [1.82, 2.24) is 15.6 Å². The minimum absolute atomic E-state index is 0. The number of carbonyl (C=O) groups is 1. The number of nitrogens with zero attached hydrogens (tertiary/aromatic N) is 1. The maximum absolute atomic E-state index is 11.9. The molecular formula is C16H19Cl2N3O2. The van der Waals surface area contributed by atoms with Gasteiger partial charge in [-0.1, -0.05) is 18.2 Å². The average Bonchev–Trinajstić information content (AvgIpc) is 2.47. The van der Waals surface area contributed by atoms with Crippen molar-refractivity contribution in [3.05, 3.63) is 54.2 Å². The van der Waals surface area contributed by atoms with Crippen LogP contribution in [0.3, 0.4) is 0 Å². The molecule has 1 fully saturated rings. The van der Waals surface area contributed by atoms with Gasteiger partial charge in [-0.15, -0.1) is 24.8 Å². The number of para-hydroxylation sites is 1. The second-order valence-electron chi connectivity index (χ2n) is 5.03. The summed E-state index contributed by atoms with van der Waals surface area (Å²) in [6.45, 7) is 2.65. The van der Waals surface area contributed by atoms with Crippen molar-refractivity contribution in [2.75, 3.05) is 19.6 Å². The molecule has 2 aromatic rings. The maximum Gasteiger partial charge on any atom is 0.252 e. The van der Waals surface area contributed by atoms with Gasteiger partial charge in [0.05, 0.1) is 5.56 Å². The van der Waals surface area contributed by atoms with E-state index in [0.29, 0.717) is 23.9 Å². The van der Waals surface area contributed by atoms with Crippen LogP contribution in [0.1, 0.15) is 10.4 Å². The minimum Gasteiger partial charge on any atom is -0.439 e. The number of hydrogen-bond donors (Lipinski definition) is 2. The molecule has 5 nitrogen and oxygen atoms in total. The number of carbonyl (C=O) groups excluding carboxylic acids is 1. The first-order chi connectivity index (χ1) is 10.3. The lowest BCUT2D eigenvalue weighted by molar-refractivity contribution is 0.0942. The van der Waals surface area contributed by atoms with Crippen LogP contribution in [-0.2, 0) is 0 Å². The van der Waals surface area contributed by atoms with Crippen molar-refractivity contribution in [2.45, 2.75) is 0 Å². The fraction of sp³-hybridized carbons (Fsp3) is 0.250. The third-order valence-corrected chi connectivity index (χ3v) is 3.38. The molecule has 2 N–H and O–H groups in total. The maximum atomic E-state index is 11.9. The van der Waals surface area contributed by atoms with Crippen LogP contribution in [-0.4, -0.2) is 30.5 Å². The lowest BCUT2D eigenvalue weighted by Crippen LogP contribution is -2.48. The third-order valence-electron chi connectivity index (χ3n) is 3.38. The van der Waals surface area contributed by atoms with Crippen LogP contribution in [0, 0.1) is 5.92 Å². The van der Waals surface area contributed by atoms with Crippen molar-refractivity contribution < 1.29 is 9.53 Å². The minimum atomic E-state index is -0.0966. The van der Waals surface area contributed by atoms with E-state index in [1.54, 1.807) is 12.1 Å². The van der Waals surface area contributed by atoms with Gasteiger partial charge in [0.15, 0.2) is 0 Å². The molecular weight excluding hydrogens is 337 g/mol. The van der Waals surface area contributed by atoms with Crippen molar-refractivity contribution >= 4 is 30.7 Å². The number of nitrogens with one attached hydrogen (secondary N) is 2. The van der Waals surface area contributed by atoms with E-state index in [2.05, 4.69) is 15.6 Å². The summed E-state index contributed by atoms with van der Waals surface area (Å²) in [5.41, 5.74) is 0.544. The van der Waals surface area contributed by atoms with Gasteiger partial charge in [0.2, 0.25) is 5.88 Å². The van der Waals surface area contributed by atoms with E-state index in [1.807, 2.05) is 30.3 Å². The van der Waals surface area contributed by atoms with Gasteiger partial charge in [-0.05, 0) is 18.2 Å². The van der Waals surface area contributed by atoms with Crippen LogP contribution in [0.5, 0.6) is 11.6 Å². The summed E-state index contributed by atoms with van der Waals surface area (Å²) in [5.74, 6) is 1.64. The average molecular weight is 356 g/mol. The van der Waals surface area contributed by atoms with Gasteiger partial charge in [-0.3, -0.25) is 4.79 Å². The van der Waals surface area contributed by atoms with E-state index in [1.165, 1.54) is 6.20 Å². The highest BCUT2D eigenvalue weighted by Crippen LogP contribution is 2.18. The molecule has 0 unspecified atom stereocenters. The van der Waals surface area contributed by atoms with Crippen molar-refractivity contribution in [1.29, 1.82) is 0 Å². The highest BCUT2D eigenvalue weighted by molar-refractivity contribution is 5.93. The van der Waals surface area contributed by atoms with Crippen molar-refractivity contribution in [3.8, 4) is 11.6 Å². The normalized spacial score (nSPS) is 13.0. The molecule has 1 amide bonds. The first-order valence-electron chi connectivity index (χ1n) is 6.99. The van der Waals surface area contributed by atoms with Crippen LogP contribution >= 0.6 is 24.8 Å². The van der Waals surface area contributed by atoms with E-state index < -0.39 is 0 Å². The van der Waals surface area contributed by atoms with E-state index in [0.717, 1.165) is 18.8 Å². The first-order valence-corrected chi connectivity index (χ1v) is 6.99. The molecule has 0 atom stereocenters. The summed E-state index contributed by atoms with van der Waals surface area (Å²) < 4.78 is 5.59. The molecule has 1 aliphatic rings. The van der Waals surface area contributed by atoms with Gasteiger partial charge in [0.1, 0.15) is 5.75 Å². The Hall–Kier alpha value is -1.82. The Bertz CT molecular complexity index is 604. The molecule has 2 heterocycles. The lowest BCUT2D eigenvalue weighted by atomic mass is 10.0. The summed E-state index contributed by atoms with van der Waals surface area (Å²) >= 11 is 0. The molecule has 23 heavy (non-hydrogen) atoms. The number of hydrogen-bond acceptors (Lipinski definition) is 4. The highest BCUT2D eigenvalue weighted by atomic mass is 35.5. The fourth-order valence-electron chi connectivity index (χ4n) is 2.02. The molecule has 1 aliphatic heterocycles. The van der Waals surface area contributed by atoms with E-state index in [9.17, 15) is 4.79 Å². The Morgan fingerprint density at radius 1 is 1.17 bits per heavy atom. The molecule has 0 aliphatic carbocycles. The summed E-state index contributed by atoms with van der Waals surface area (Å²) in [7, 11) is 0. The molecule has 124 valence electrons. The number of rotatable bonds is 5. The second kappa shape index (κ2) is 9.35. The molecule has 1 saturated heterocycles. The topological polar surface area (TPSA) is 63.2 Å². The molecule has 1 aromatic heterocycles. The fourth-order valence-corrected chi connectivity index (χ4v) is 2.02. The SMILES string of the molecule is Cl.Cl.O=C(NCC1CNC1)c1ccc(Oc2ccccc2)nc1. The third kappa shape index (κ3) is 5.39. The number of ether oxygens (including phenoxy) is 1. The Morgan fingerprint density at radius 3 is 2.48 bits per heavy atom. The second-order valence-corrected chi connectivity index (χ2v) is 5.03. The van der Waals surface area contributed by atoms with Crippen molar-refractivity contribution in [3.63, 3.8) is 0 Å². The first kappa shape index (κ1) is 19.2. The van der Waals surface area contributed by atoms with Crippen LogP contribution in [0.25, 0.3) is 0 Å². The van der Waals surface area contributed by atoms with E-state index in [4.69, 9.17) is 4.74 Å². The molecule has 3 rings (SSSR count). The zero-order chi connectivity index (χ0) is 14.5. The van der Waals surface area contributed by atoms with E-state index in [-0.39, 0.29) is 30.7 Å². The summed E-state index contributed by atoms with van der Waals surface area (Å²) in [4.78, 5) is 16.1.